The van der Waals surface area contributed by atoms with E-state index in [-0.39, 0.29) is 4.83 Å². The number of fused-ring (bicyclic) bond motifs is 1. The zero-order valence-corrected chi connectivity index (χ0v) is 10.7. The molecule has 0 radical (unpaired) electrons. The van der Waals surface area contributed by atoms with Crippen LogP contribution in [0.1, 0.15) is 16.2 Å². The van der Waals surface area contributed by atoms with Crippen LogP contribution in [0.4, 0.5) is 0 Å². The van der Waals surface area contributed by atoms with Gasteiger partial charge in [0, 0.05) is 0 Å². The van der Waals surface area contributed by atoms with E-state index >= 15 is 0 Å². The minimum Gasteiger partial charge on any atom is -0.468 e. The molecular formula is C15H11BrO. The van der Waals surface area contributed by atoms with Gasteiger partial charge in [0.05, 0.1) is 11.1 Å². The number of rotatable bonds is 2. The first kappa shape index (κ1) is 10.6. The van der Waals surface area contributed by atoms with Gasteiger partial charge < -0.3 is 4.42 Å². The van der Waals surface area contributed by atoms with E-state index in [9.17, 15) is 0 Å². The van der Waals surface area contributed by atoms with Crippen LogP contribution >= 0.6 is 15.9 Å². The van der Waals surface area contributed by atoms with Crippen molar-refractivity contribution >= 4 is 26.7 Å². The Morgan fingerprint density at radius 1 is 0.882 bits per heavy atom. The van der Waals surface area contributed by atoms with Gasteiger partial charge in [-0.3, -0.25) is 0 Å². The van der Waals surface area contributed by atoms with Crippen LogP contribution in [0.2, 0.25) is 0 Å². The van der Waals surface area contributed by atoms with Crippen molar-refractivity contribution in [3.63, 3.8) is 0 Å². The number of furan rings is 1. The van der Waals surface area contributed by atoms with Crippen molar-refractivity contribution in [2.24, 2.45) is 0 Å². The number of hydrogen-bond donors (Lipinski definition) is 0. The van der Waals surface area contributed by atoms with E-state index in [1.807, 2.05) is 12.1 Å². The molecule has 0 bridgehead atoms. The van der Waals surface area contributed by atoms with Crippen molar-refractivity contribution in [3.05, 3.63) is 72.2 Å². The third-order valence-corrected chi connectivity index (χ3v) is 3.83. The molecule has 0 fully saturated rings. The molecule has 3 aromatic rings. The van der Waals surface area contributed by atoms with E-state index in [0.717, 1.165) is 5.76 Å². The van der Waals surface area contributed by atoms with Crippen molar-refractivity contribution in [2.75, 3.05) is 0 Å². The van der Waals surface area contributed by atoms with E-state index in [4.69, 9.17) is 4.42 Å². The minimum atomic E-state index is 0.101. The molecule has 17 heavy (non-hydrogen) atoms. The van der Waals surface area contributed by atoms with Gasteiger partial charge in [0.1, 0.15) is 5.76 Å². The SMILES string of the molecule is BrC(c1ccco1)c1cccc2ccccc12. The number of alkyl halides is 1. The van der Waals surface area contributed by atoms with Gasteiger partial charge >= 0.3 is 0 Å². The second-order valence-electron chi connectivity index (χ2n) is 3.95. The summed E-state index contributed by atoms with van der Waals surface area (Å²) in [6.45, 7) is 0. The largest absolute Gasteiger partial charge is 0.468 e. The Morgan fingerprint density at radius 3 is 2.53 bits per heavy atom. The summed E-state index contributed by atoms with van der Waals surface area (Å²) < 4.78 is 5.45. The standard InChI is InChI=1S/C15H11BrO/c16-15(14-9-4-10-17-14)13-8-3-6-11-5-1-2-7-12(11)13/h1-10,15H. The average Bonchev–Trinajstić information content (AvgIpc) is 2.91. The van der Waals surface area contributed by atoms with E-state index in [0.29, 0.717) is 0 Å². The first-order valence-electron chi connectivity index (χ1n) is 5.51. The topological polar surface area (TPSA) is 13.1 Å². The van der Waals surface area contributed by atoms with Gasteiger partial charge in [-0.1, -0.05) is 58.4 Å². The molecule has 2 aromatic carbocycles. The summed E-state index contributed by atoms with van der Waals surface area (Å²) in [6.07, 6.45) is 1.70. The van der Waals surface area contributed by atoms with Crippen molar-refractivity contribution in [1.29, 1.82) is 0 Å². The fraction of sp³-hybridized carbons (Fsp3) is 0.0667. The smallest absolute Gasteiger partial charge is 0.121 e. The zero-order valence-electron chi connectivity index (χ0n) is 9.14. The molecule has 0 saturated heterocycles. The summed E-state index contributed by atoms with van der Waals surface area (Å²) in [7, 11) is 0. The van der Waals surface area contributed by atoms with E-state index in [1.54, 1.807) is 6.26 Å². The molecule has 84 valence electrons. The molecule has 0 aliphatic carbocycles. The fourth-order valence-corrected chi connectivity index (χ4v) is 2.72. The lowest BCUT2D eigenvalue weighted by Crippen LogP contribution is -1.91. The molecule has 3 rings (SSSR count). The van der Waals surface area contributed by atoms with Crippen LogP contribution in [0.25, 0.3) is 10.8 Å². The Morgan fingerprint density at radius 2 is 1.71 bits per heavy atom. The third kappa shape index (κ3) is 1.89. The van der Waals surface area contributed by atoms with Crippen LogP contribution in [0, 0.1) is 0 Å². The van der Waals surface area contributed by atoms with Crippen LogP contribution in [0.3, 0.4) is 0 Å². The monoisotopic (exact) mass is 286 g/mol. The summed E-state index contributed by atoms with van der Waals surface area (Å²) in [6, 6.07) is 18.6. The second kappa shape index (κ2) is 4.38. The maximum absolute atomic E-state index is 5.45. The number of halogens is 1. The predicted octanol–water partition coefficient (Wildman–Crippen LogP) is 4.92. The van der Waals surface area contributed by atoms with Gasteiger partial charge in [0.25, 0.3) is 0 Å². The predicted molar refractivity (Wildman–Crippen MR) is 73.4 cm³/mol. The van der Waals surface area contributed by atoms with Crippen LogP contribution in [0.5, 0.6) is 0 Å². The summed E-state index contributed by atoms with van der Waals surface area (Å²) in [5, 5.41) is 2.51. The van der Waals surface area contributed by atoms with E-state index < -0.39 is 0 Å². The third-order valence-electron chi connectivity index (χ3n) is 2.89. The van der Waals surface area contributed by atoms with Crippen LogP contribution in [-0.2, 0) is 0 Å². The quantitative estimate of drug-likeness (QED) is 0.610. The van der Waals surface area contributed by atoms with Crippen molar-refractivity contribution in [2.45, 2.75) is 4.83 Å². The Bertz CT molecular complexity index is 623. The molecule has 0 aliphatic rings. The van der Waals surface area contributed by atoms with Crippen LogP contribution in [0.15, 0.2) is 65.3 Å². The lowest BCUT2D eigenvalue weighted by molar-refractivity contribution is 0.520. The van der Waals surface area contributed by atoms with Gasteiger partial charge in [-0.2, -0.15) is 0 Å². The molecule has 0 aliphatic heterocycles. The lowest BCUT2D eigenvalue weighted by atomic mass is 10.0. The molecule has 2 heteroatoms. The van der Waals surface area contributed by atoms with E-state index in [2.05, 4.69) is 58.4 Å². The molecular weight excluding hydrogens is 276 g/mol. The first-order valence-corrected chi connectivity index (χ1v) is 6.43. The molecule has 1 heterocycles. The normalized spacial score (nSPS) is 12.8. The van der Waals surface area contributed by atoms with Crippen LogP contribution < -0.4 is 0 Å². The Balaban J connectivity index is 2.17. The maximum Gasteiger partial charge on any atom is 0.121 e. The molecule has 1 aromatic heterocycles. The Labute approximate surface area is 108 Å². The molecule has 1 atom stereocenters. The van der Waals surface area contributed by atoms with Gasteiger partial charge in [-0.05, 0) is 28.5 Å². The first-order chi connectivity index (χ1) is 8.36. The van der Waals surface area contributed by atoms with Crippen molar-refractivity contribution in [3.8, 4) is 0 Å². The van der Waals surface area contributed by atoms with Gasteiger partial charge in [-0.15, -0.1) is 0 Å². The molecule has 0 N–H and O–H groups in total. The molecule has 1 unspecified atom stereocenters. The molecule has 0 spiro atoms. The van der Waals surface area contributed by atoms with Gasteiger partial charge in [0.2, 0.25) is 0 Å². The highest BCUT2D eigenvalue weighted by Gasteiger charge is 2.15. The minimum absolute atomic E-state index is 0.101. The van der Waals surface area contributed by atoms with Crippen LogP contribution in [-0.4, -0.2) is 0 Å². The molecule has 1 nitrogen and oxygen atoms in total. The molecule has 0 saturated carbocycles. The summed E-state index contributed by atoms with van der Waals surface area (Å²) in [5.41, 5.74) is 1.23. The van der Waals surface area contributed by atoms with Gasteiger partial charge in [0.15, 0.2) is 0 Å². The summed E-state index contributed by atoms with van der Waals surface area (Å²) in [5.74, 6) is 0.932. The zero-order chi connectivity index (χ0) is 11.7. The summed E-state index contributed by atoms with van der Waals surface area (Å²) >= 11 is 3.70. The van der Waals surface area contributed by atoms with Crippen molar-refractivity contribution in [1.82, 2.24) is 0 Å². The highest BCUT2D eigenvalue weighted by Crippen LogP contribution is 2.35. The number of hydrogen-bond acceptors (Lipinski definition) is 1. The maximum atomic E-state index is 5.45. The highest BCUT2D eigenvalue weighted by atomic mass is 79.9. The second-order valence-corrected chi connectivity index (χ2v) is 4.86. The van der Waals surface area contributed by atoms with Crippen molar-refractivity contribution < 1.29 is 4.42 Å². The Kier molecular flexibility index (Phi) is 2.73. The summed E-state index contributed by atoms with van der Waals surface area (Å²) in [4.78, 5) is 0.101. The Hall–Kier alpha value is -1.54. The number of benzene rings is 2. The fourth-order valence-electron chi connectivity index (χ4n) is 2.06. The van der Waals surface area contributed by atoms with E-state index in [1.165, 1.54) is 16.3 Å². The lowest BCUT2D eigenvalue weighted by Gasteiger charge is -2.10. The average molecular weight is 287 g/mol. The molecule has 0 amide bonds. The van der Waals surface area contributed by atoms with Gasteiger partial charge in [-0.25, -0.2) is 0 Å². The highest BCUT2D eigenvalue weighted by molar-refractivity contribution is 9.09.